The fourth-order valence-electron chi connectivity index (χ4n) is 1.74. The van der Waals surface area contributed by atoms with E-state index in [1.807, 2.05) is 19.1 Å². The molecule has 0 saturated carbocycles. The zero-order valence-corrected chi connectivity index (χ0v) is 10.5. The van der Waals surface area contributed by atoms with E-state index in [9.17, 15) is 10.1 Å². The summed E-state index contributed by atoms with van der Waals surface area (Å²) in [5.41, 5.74) is 7.26. The lowest BCUT2D eigenvalue weighted by Gasteiger charge is -2.10. The number of hydrogen-bond donors (Lipinski definition) is 1. The first-order valence-electron chi connectivity index (χ1n) is 5.82. The van der Waals surface area contributed by atoms with Crippen LogP contribution in [0.25, 0.3) is 0 Å². The van der Waals surface area contributed by atoms with Gasteiger partial charge in [-0.2, -0.15) is 0 Å². The van der Waals surface area contributed by atoms with Crippen LogP contribution in [0.3, 0.4) is 0 Å². The highest BCUT2D eigenvalue weighted by atomic mass is 16.6. The third-order valence-corrected chi connectivity index (χ3v) is 2.72. The van der Waals surface area contributed by atoms with Crippen molar-refractivity contribution >= 4 is 5.69 Å². The van der Waals surface area contributed by atoms with Crippen molar-refractivity contribution in [1.29, 1.82) is 0 Å². The summed E-state index contributed by atoms with van der Waals surface area (Å²) in [5, 5.41) is 11.0. The third-order valence-electron chi connectivity index (χ3n) is 2.72. The van der Waals surface area contributed by atoms with Crippen LogP contribution in [0.2, 0.25) is 0 Å². The molecule has 0 radical (unpaired) electrons. The molecule has 19 heavy (non-hydrogen) atoms. The molecule has 98 valence electrons. The van der Waals surface area contributed by atoms with Crippen molar-refractivity contribution in [2.24, 2.45) is 5.73 Å². The van der Waals surface area contributed by atoms with Crippen molar-refractivity contribution in [3.63, 3.8) is 0 Å². The molecule has 0 bridgehead atoms. The number of nitro benzene ring substituents is 1. The second-order valence-electron chi connectivity index (χ2n) is 4.14. The number of rotatable bonds is 4. The predicted octanol–water partition coefficient (Wildman–Crippen LogP) is 3.15. The van der Waals surface area contributed by atoms with Crippen LogP contribution in [0.1, 0.15) is 11.1 Å². The molecule has 0 fully saturated rings. The van der Waals surface area contributed by atoms with Gasteiger partial charge in [-0.15, -0.1) is 0 Å². The molecule has 0 atom stereocenters. The Bertz CT molecular complexity index is 611. The molecule has 2 aromatic rings. The molecular weight excluding hydrogens is 244 g/mol. The summed E-state index contributed by atoms with van der Waals surface area (Å²) in [6, 6.07) is 12.0. The van der Waals surface area contributed by atoms with E-state index in [-0.39, 0.29) is 11.4 Å². The van der Waals surface area contributed by atoms with Gasteiger partial charge in [0, 0.05) is 18.2 Å². The van der Waals surface area contributed by atoms with Crippen LogP contribution in [0.5, 0.6) is 11.5 Å². The zero-order valence-electron chi connectivity index (χ0n) is 10.5. The lowest BCUT2D eigenvalue weighted by atomic mass is 10.2. The summed E-state index contributed by atoms with van der Waals surface area (Å²) >= 11 is 0. The maximum Gasteiger partial charge on any atom is 0.311 e. The van der Waals surface area contributed by atoms with Gasteiger partial charge >= 0.3 is 5.69 Å². The molecule has 5 heteroatoms. The summed E-state index contributed by atoms with van der Waals surface area (Å²) in [6.07, 6.45) is 0. The van der Waals surface area contributed by atoms with Gasteiger partial charge in [-0.3, -0.25) is 10.1 Å². The van der Waals surface area contributed by atoms with Gasteiger partial charge in [-0.05, 0) is 24.6 Å². The number of benzene rings is 2. The monoisotopic (exact) mass is 258 g/mol. The Kier molecular flexibility index (Phi) is 3.77. The molecule has 0 unspecified atom stereocenters. The van der Waals surface area contributed by atoms with Crippen molar-refractivity contribution in [1.82, 2.24) is 0 Å². The van der Waals surface area contributed by atoms with E-state index in [0.717, 1.165) is 11.1 Å². The second kappa shape index (κ2) is 5.49. The van der Waals surface area contributed by atoms with Crippen molar-refractivity contribution in [3.05, 3.63) is 63.7 Å². The molecule has 0 aromatic heterocycles. The van der Waals surface area contributed by atoms with Gasteiger partial charge in [0.05, 0.1) is 4.92 Å². The summed E-state index contributed by atoms with van der Waals surface area (Å²) in [5.74, 6) is 0.768. The van der Waals surface area contributed by atoms with Gasteiger partial charge in [0.25, 0.3) is 0 Å². The molecular formula is C14H14N2O3. The Labute approximate surface area is 110 Å². The van der Waals surface area contributed by atoms with Crippen molar-refractivity contribution in [2.45, 2.75) is 13.5 Å². The SMILES string of the molecule is Cc1ccc([N+](=O)[O-])c(Oc2ccccc2CN)c1. The second-order valence-corrected chi connectivity index (χ2v) is 4.14. The van der Waals surface area contributed by atoms with Gasteiger partial charge in [0.15, 0.2) is 0 Å². The van der Waals surface area contributed by atoms with Crippen LogP contribution < -0.4 is 10.5 Å². The average molecular weight is 258 g/mol. The molecule has 0 amide bonds. The first-order valence-corrected chi connectivity index (χ1v) is 5.82. The first-order chi connectivity index (χ1) is 9.11. The summed E-state index contributed by atoms with van der Waals surface area (Å²) < 4.78 is 5.65. The van der Waals surface area contributed by atoms with Crippen LogP contribution in [0, 0.1) is 17.0 Å². The molecule has 0 aliphatic rings. The first kappa shape index (κ1) is 13.0. The van der Waals surface area contributed by atoms with Gasteiger partial charge in [-0.25, -0.2) is 0 Å². The van der Waals surface area contributed by atoms with E-state index < -0.39 is 4.92 Å². The molecule has 0 spiro atoms. The number of ether oxygens (including phenoxy) is 1. The average Bonchev–Trinajstić information content (AvgIpc) is 2.39. The standard InChI is InChI=1S/C14H14N2O3/c1-10-6-7-12(16(17)18)14(8-10)19-13-5-3-2-4-11(13)9-15/h2-8H,9,15H2,1H3. The van der Waals surface area contributed by atoms with E-state index in [4.69, 9.17) is 10.5 Å². The van der Waals surface area contributed by atoms with Crippen molar-refractivity contribution < 1.29 is 9.66 Å². The zero-order chi connectivity index (χ0) is 13.8. The van der Waals surface area contributed by atoms with E-state index in [0.29, 0.717) is 12.3 Å². The van der Waals surface area contributed by atoms with Crippen molar-refractivity contribution in [2.75, 3.05) is 0 Å². The highest BCUT2D eigenvalue weighted by Crippen LogP contribution is 2.33. The molecule has 2 aromatic carbocycles. The quantitative estimate of drug-likeness (QED) is 0.675. The Hall–Kier alpha value is -2.40. The fraction of sp³-hybridized carbons (Fsp3) is 0.143. The largest absolute Gasteiger partial charge is 0.450 e. The normalized spacial score (nSPS) is 10.2. The van der Waals surface area contributed by atoms with Gasteiger partial charge in [0.2, 0.25) is 5.75 Å². The number of nitro groups is 1. The summed E-state index contributed by atoms with van der Waals surface area (Å²) in [4.78, 5) is 10.5. The van der Waals surface area contributed by atoms with E-state index in [1.165, 1.54) is 6.07 Å². The lowest BCUT2D eigenvalue weighted by Crippen LogP contribution is -2.00. The molecule has 0 heterocycles. The molecule has 2 rings (SSSR count). The number of para-hydroxylation sites is 1. The van der Waals surface area contributed by atoms with Crippen LogP contribution in [0.15, 0.2) is 42.5 Å². The minimum atomic E-state index is -0.458. The van der Waals surface area contributed by atoms with Gasteiger partial charge < -0.3 is 10.5 Å². The minimum absolute atomic E-state index is 0.0579. The van der Waals surface area contributed by atoms with E-state index in [2.05, 4.69) is 0 Å². The number of nitrogens with two attached hydrogens (primary N) is 1. The number of aryl methyl sites for hydroxylation is 1. The van der Waals surface area contributed by atoms with Crippen LogP contribution in [0.4, 0.5) is 5.69 Å². The Morgan fingerprint density at radius 3 is 2.63 bits per heavy atom. The Balaban J connectivity index is 2.42. The smallest absolute Gasteiger partial charge is 0.311 e. The molecule has 5 nitrogen and oxygen atoms in total. The van der Waals surface area contributed by atoms with E-state index >= 15 is 0 Å². The molecule has 2 N–H and O–H groups in total. The molecule has 0 aliphatic carbocycles. The van der Waals surface area contributed by atoms with Gasteiger partial charge in [0.1, 0.15) is 5.75 Å². The number of hydrogen-bond acceptors (Lipinski definition) is 4. The van der Waals surface area contributed by atoms with Crippen LogP contribution in [-0.4, -0.2) is 4.92 Å². The summed E-state index contributed by atoms with van der Waals surface area (Å²) in [7, 11) is 0. The predicted molar refractivity (Wildman–Crippen MR) is 72.2 cm³/mol. The van der Waals surface area contributed by atoms with Gasteiger partial charge in [-0.1, -0.05) is 24.3 Å². The Morgan fingerprint density at radius 1 is 1.21 bits per heavy atom. The van der Waals surface area contributed by atoms with E-state index in [1.54, 1.807) is 24.3 Å². The summed E-state index contributed by atoms with van der Waals surface area (Å²) in [6.45, 7) is 2.17. The highest BCUT2D eigenvalue weighted by molar-refractivity contribution is 5.51. The highest BCUT2D eigenvalue weighted by Gasteiger charge is 2.16. The fourth-order valence-corrected chi connectivity index (χ4v) is 1.74. The molecule has 0 aliphatic heterocycles. The van der Waals surface area contributed by atoms with Crippen LogP contribution in [-0.2, 0) is 6.54 Å². The maximum atomic E-state index is 11.0. The van der Waals surface area contributed by atoms with Crippen LogP contribution >= 0.6 is 0 Å². The minimum Gasteiger partial charge on any atom is -0.450 e. The molecule has 0 saturated heterocycles. The Morgan fingerprint density at radius 2 is 1.95 bits per heavy atom. The third kappa shape index (κ3) is 2.89. The maximum absolute atomic E-state index is 11.0. The topological polar surface area (TPSA) is 78.4 Å². The lowest BCUT2D eigenvalue weighted by molar-refractivity contribution is -0.385. The number of nitrogens with zero attached hydrogens (tertiary/aromatic N) is 1. The van der Waals surface area contributed by atoms with Crippen molar-refractivity contribution in [3.8, 4) is 11.5 Å².